The Morgan fingerprint density at radius 2 is 2.03 bits per heavy atom. The molecule has 0 spiro atoms. The van der Waals surface area contributed by atoms with Crippen molar-refractivity contribution in [1.29, 1.82) is 0 Å². The first-order chi connectivity index (χ1) is 16.9. The van der Waals surface area contributed by atoms with Crippen LogP contribution in [-0.4, -0.2) is 51.4 Å². The van der Waals surface area contributed by atoms with Gasteiger partial charge >= 0.3 is 5.97 Å². The first-order valence-electron chi connectivity index (χ1n) is 11.2. The van der Waals surface area contributed by atoms with Crippen LogP contribution in [0.5, 0.6) is 0 Å². The number of carbonyl (C=O) groups is 3. The number of thiophene rings is 1. The molecule has 1 aliphatic heterocycles. The van der Waals surface area contributed by atoms with E-state index in [2.05, 4.69) is 4.98 Å². The topological polar surface area (TPSA) is 104 Å². The van der Waals surface area contributed by atoms with Gasteiger partial charge in [0.25, 0.3) is 5.91 Å². The number of hydrogen-bond acceptors (Lipinski definition) is 7. The highest BCUT2D eigenvalue weighted by Gasteiger charge is 2.45. The van der Waals surface area contributed by atoms with E-state index in [1.165, 1.54) is 32.5 Å². The first kappa shape index (κ1) is 23.3. The second-order valence-electron chi connectivity index (χ2n) is 8.58. The molecule has 0 radical (unpaired) electrons. The standard InChI is InChI=1S/C25H23N3O5S2/c1-25(23(31)32)10-5-11-28(25)21(29)9-12-27(22(30)20-8-4-13-34-20)24-26-17(15-35-24)19-14-16-6-2-3-7-18(16)33-19/h2-4,6-8,13-15H,5,9-12H2,1H3,(H,31,32). The van der Waals surface area contributed by atoms with Crippen LogP contribution in [0.4, 0.5) is 5.13 Å². The number of thiazole rings is 1. The van der Waals surface area contributed by atoms with Crippen molar-refractivity contribution in [2.45, 2.75) is 31.7 Å². The Hall–Kier alpha value is -3.50. The molecule has 1 aliphatic rings. The Labute approximate surface area is 209 Å². The Morgan fingerprint density at radius 1 is 1.20 bits per heavy atom. The van der Waals surface area contributed by atoms with E-state index in [0.717, 1.165) is 11.0 Å². The monoisotopic (exact) mass is 509 g/mol. The van der Waals surface area contributed by atoms with Gasteiger partial charge in [-0.05, 0) is 43.3 Å². The van der Waals surface area contributed by atoms with Crippen molar-refractivity contribution in [2.75, 3.05) is 18.0 Å². The molecular weight excluding hydrogens is 486 g/mol. The molecule has 2 amide bonds. The molecule has 1 N–H and O–H groups in total. The number of aliphatic carboxylic acids is 1. The van der Waals surface area contributed by atoms with Gasteiger partial charge in [0.1, 0.15) is 16.8 Å². The highest BCUT2D eigenvalue weighted by molar-refractivity contribution is 7.14. The van der Waals surface area contributed by atoms with Crippen LogP contribution >= 0.6 is 22.7 Å². The minimum absolute atomic E-state index is 0.000460. The molecule has 5 rings (SSSR count). The molecule has 1 unspecified atom stereocenters. The van der Waals surface area contributed by atoms with E-state index in [1.807, 2.05) is 41.1 Å². The summed E-state index contributed by atoms with van der Waals surface area (Å²) in [5.41, 5.74) is 0.144. The number of nitrogens with zero attached hydrogens (tertiary/aromatic N) is 3. The maximum absolute atomic E-state index is 13.3. The lowest BCUT2D eigenvalue weighted by Crippen LogP contribution is -2.51. The molecular formula is C25H23N3O5S2. The fourth-order valence-electron chi connectivity index (χ4n) is 4.35. The molecule has 4 aromatic rings. The number of carboxylic acid groups (broad SMARTS) is 1. The third kappa shape index (κ3) is 4.35. The zero-order valence-electron chi connectivity index (χ0n) is 19.0. The van der Waals surface area contributed by atoms with Gasteiger partial charge in [-0.15, -0.1) is 22.7 Å². The number of rotatable bonds is 7. The summed E-state index contributed by atoms with van der Waals surface area (Å²) >= 11 is 2.61. The molecule has 1 fully saturated rings. The molecule has 0 bridgehead atoms. The Morgan fingerprint density at radius 3 is 2.77 bits per heavy atom. The molecule has 1 atom stereocenters. The Balaban J connectivity index is 1.40. The number of aromatic nitrogens is 1. The minimum Gasteiger partial charge on any atom is -0.480 e. The van der Waals surface area contributed by atoms with E-state index in [4.69, 9.17) is 4.42 Å². The fourth-order valence-corrected chi connectivity index (χ4v) is 5.86. The number of para-hydroxylation sites is 1. The Bertz CT molecular complexity index is 1360. The van der Waals surface area contributed by atoms with Crippen molar-refractivity contribution in [1.82, 2.24) is 9.88 Å². The summed E-state index contributed by atoms with van der Waals surface area (Å²) in [5.74, 6) is -0.945. The zero-order valence-corrected chi connectivity index (χ0v) is 20.6. The average Bonchev–Trinajstić information content (AvgIpc) is 3.65. The maximum atomic E-state index is 13.3. The lowest BCUT2D eigenvalue weighted by Gasteiger charge is -2.31. The highest BCUT2D eigenvalue weighted by Crippen LogP contribution is 2.33. The molecule has 0 saturated carbocycles. The second-order valence-corrected chi connectivity index (χ2v) is 10.4. The van der Waals surface area contributed by atoms with Crippen LogP contribution in [0, 0.1) is 0 Å². The summed E-state index contributed by atoms with van der Waals surface area (Å²) in [6.45, 7) is 2.07. The third-order valence-electron chi connectivity index (χ3n) is 6.33. The van der Waals surface area contributed by atoms with Gasteiger partial charge in [-0.1, -0.05) is 24.3 Å². The average molecular weight is 510 g/mol. The van der Waals surface area contributed by atoms with E-state index < -0.39 is 11.5 Å². The van der Waals surface area contributed by atoms with Gasteiger partial charge in [0.2, 0.25) is 5.91 Å². The largest absolute Gasteiger partial charge is 0.480 e. The van der Waals surface area contributed by atoms with Crippen LogP contribution < -0.4 is 4.90 Å². The third-order valence-corrected chi connectivity index (χ3v) is 8.05. The van der Waals surface area contributed by atoms with E-state index in [0.29, 0.717) is 40.8 Å². The van der Waals surface area contributed by atoms with Crippen LogP contribution in [0.2, 0.25) is 0 Å². The van der Waals surface area contributed by atoms with Gasteiger partial charge in [0, 0.05) is 30.3 Å². The second kappa shape index (κ2) is 9.27. The summed E-state index contributed by atoms with van der Waals surface area (Å²) in [7, 11) is 0. The predicted molar refractivity (Wildman–Crippen MR) is 135 cm³/mol. The van der Waals surface area contributed by atoms with E-state index >= 15 is 0 Å². The molecule has 1 aromatic carbocycles. The van der Waals surface area contributed by atoms with Gasteiger partial charge < -0.3 is 14.4 Å². The number of anilines is 1. The number of hydrogen-bond donors (Lipinski definition) is 1. The maximum Gasteiger partial charge on any atom is 0.329 e. The lowest BCUT2D eigenvalue weighted by atomic mass is 9.99. The summed E-state index contributed by atoms with van der Waals surface area (Å²) < 4.78 is 5.92. The van der Waals surface area contributed by atoms with Crippen LogP contribution in [0.1, 0.15) is 35.9 Å². The number of likely N-dealkylation sites (tertiary alicyclic amines) is 1. The lowest BCUT2D eigenvalue weighted by molar-refractivity contribution is -0.155. The van der Waals surface area contributed by atoms with Crippen molar-refractivity contribution >= 4 is 56.6 Å². The number of amides is 2. The number of carboxylic acids is 1. The number of carbonyl (C=O) groups excluding carboxylic acids is 2. The van der Waals surface area contributed by atoms with E-state index in [1.54, 1.807) is 19.1 Å². The smallest absolute Gasteiger partial charge is 0.329 e. The summed E-state index contributed by atoms with van der Waals surface area (Å²) in [6, 6.07) is 13.1. The summed E-state index contributed by atoms with van der Waals surface area (Å²) in [4.78, 5) is 46.3. The first-order valence-corrected chi connectivity index (χ1v) is 13.0. The molecule has 180 valence electrons. The van der Waals surface area contributed by atoms with Crippen molar-refractivity contribution in [3.05, 3.63) is 58.1 Å². The highest BCUT2D eigenvalue weighted by atomic mass is 32.1. The number of furan rings is 1. The molecule has 3 aromatic heterocycles. The predicted octanol–water partition coefficient (Wildman–Crippen LogP) is 5.12. The molecule has 10 heteroatoms. The zero-order chi connectivity index (χ0) is 24.6. The van der Waals surface area contributed by atoms with Gasteiger partial charge in [0.05, 0.1) is 4.88 Å². The SMILES string of the molecule is CC1(C(=O)O)CCCN1C(=O)CCN(C(=O)c1cccs1)c1nc(-c2cc3ccccc3o2)cs1. The summed E-state index contributed by atoms with van der Waals surface area (Å²) in [5, 5.41) is 14.7. The number of benzene rings is 1. The normalized spacial score (nSPS) is 17.7. The molecule has 0 aliphatic carbocycles. The van der Waals surface area contributed by atoms with Gasteiger partial charge in [-0.2, -0.15) is 0 Å². The van der Waals surface area contributed by atoms with Crippen LogP contribution in [0.15, 0.2) is 57.6 Å². The summed E-state index contributed by atoms with van der Waals surface area (Å²) in [6.07, 6.45) is 1.05. The van der Waals surface area contributed by atoms with E-state index in [9.17, 15) is 19.5 Å². The van der Waals surface area contributed by atoms with Gasteiger partial charge in [0.15, 0.2) is 10.9 Å². The van der Waals surface area contributed by atoms with Crippen LogP contribution in [0.25, 0.3) is 22.4 Å². The fraction of sp³-hybridized carbons (Fsp3) is 0.280. The van der Waals surface area contributed by atoms with Crippen molar-refractivity contribution in [2.24, 2.45) is 0 Å². The quantitative estimate of drug-likeness (QED) is 0.371. The van der Waals surface area contributed by atoms with Gasteiger partial charge in [-0.3, -0.25) is 14.5 Å². The van der Waals surface area contributed by atoms with E-state index in [-0.39, 0.29) is 24.8 Å². The van der Waals surface area contributed by atoms with Crippen LogP contribution in [0.3, 0.4) is 0 Å². The van der Waals surface area contributed by atoms with Crippen molar-refractivity contribution < 1.29 is 23.9 Å². The van der Waals surface area contributed by atoms with Gasteiger partial charge in [-0.25, -0.2) is 9.78 Å². The Kier molecular flexibility index (Phi) is 6.16. The van der Waals surface area contributed by atoms with Crippen LogP contribution in [-0.2, 0) is 9.59 Å². The van der Waals surface area contributed by atoms with Crippen molar-refractivity contribution in [3.8, 4) is 11.5 Å². The number of fused-ring (bicyclic) bond motifs is 1. The molecule has 35 heavy (non-hydrogen) atoms. The molecule has 1 saturated heterocycles. The molecule has 4 heterocycles. The minimum atomic E-state index is -1.21. The molecule has 8 nitrogen and oxygen atoms in total. The van der Waals surface area contributed by atoms with Crippen molar-refractivity contribution in [3.63, 3.8) is 0 Å².